The van der Waals surface area contributed by atoms with Gasteiger partial charge in [0.15, 0.2) is 0 Å². The Balaban J connectivity index is 1.48. The average Bonchev–Trinajstić information content (AvgIpc) is 2.96. The summed E-state index contributed by atoms with van der Waals surface area (Å²) in [6.07, 6.45) is 4.08. The summed E-state index contributed by atoms with van der Waals surface area (Å²) in [6, 6.07) is 7.16. The van der Waals surface area contributed by atoms with Crippen LogP contribution < -0.4 is 10.5 Å². The van der Waals surface area contributed by atoms with Crippen molar-refractivity contribution in [2.45, 2.75) is 19.5 Å². The van der Waals surface area contributed by atoms with Crippen LogP contribution in [-0.4, -0.2) is 33.5 Å². The largest absolute Gasteiger partial charge is 0.493 e. The van der Waals surface area contributed by atoms with Crippen LogP contribution in [-0.2, 0) is 17.9 Å². The van der Waals surface area contributed by atoms with E-state index in [1.807, 2.05) is 11.1 Å². The summed E-state index contributed by atoms with van der Waals surface area (Å²) in [5.74, 6) is 1.76. The second-order valence-electron chi connectivity index (χ2n) is 5.02. The quantitative estimate of drug-likeness (QED) is 0.859. The Morgan fingerprint density at radius 3 is 2.90 bits per heavy atom. The average molecular weight is 286 g/mol. The highest BCUT2D eigenvalue weighted by molar-refractivity contribution is 5.76. The van der Waals surface area contributed by atoms with E-state index in [0.29, 0.717) is 25.3 Å². The summed E-state index contributed by atoms with van der Waals surface area (Å²) in [7, 11) is 0. The van der Waals surface area contributed by atoms with Gasteiger partial charge < -0.3 is 19.9 Å². The van der Waals surface area contributed by atoms with Crippen LogP contribution in [0.3, 0.4) is 0 Å². The van der Waals surface area contributed by atoms with E-state index in [0.717, 1.165) is 24.7 Å². The molecular formula is C15H18N4O2. The van der Waals surface area contributed by atoms with E-state index in [2.05, 4.69) is 9.55 Å². The van der Waals surface area contributed by atoms with Gasteiger partial charge in [-0.2, -0.15) is 0 Å². The molecule has 6 nitrogen and oxygen atoms in total. The standard InChI is InChI=1S/C15H18N4O2/c16-12-1-3-13(4-2-12)21-10-5-15(20)19-9-8-18-7-6-17-14(18)11-19/h1-4,6-7H,5,8-11,16H2. The van der Waals surface area contributed by atoms with Crippen molar-refractivity contribution in [3.63, 3.8) is 0 Å². The molecule has 1 aromatic heterocycles. The van der Waals surface area contributed by atoms with Crippen LogP contribution in [0.2, 0.25) is 0 Å². The minimum absolute atomic E-state index is 0.0969. The van der Waals surface area contributed by atoms with Crippen LogP contribution in [0, 0.1) is 0 Å². The van der Waals surface area contributed by atoms with Gasteiger partial charge in [0.1, 0.15) is 11.6 Å². The van der Waals surface area contributed by atoms with Gasteiger partial charge in [-0.3, -0.25) is 4.79 Å². The topological polar surface area (TPSA) is 73.4 Å². The van der Waals surface area contributed by atoms with Crippen molar-refractivity contribution in [2.24, 2.45) is 0 Å². The molecule has 0 unspecified atom stereocenters. The monoisotopic (exact) mass is 286 g/mol. The zero-order valence-corrected chi connectivity index (χ0v) is 11.7. The number of nitrogens with two attached hydrogens (primary N) is 1. The van der Waals surface area contributed by atoms with Gasteiger partial charge in [-0.1, -0.05) is 0 Å². The van der Waals surface area contributed by atoms with Crippen LogP contribution in [0.25, 0.3) is 0 Å². The Bertz CT molecular complexity index is 621. The number of hydrogen-bond donors (Lipinski definition) is 1. The number of nitrogen functional groups attached to an aromatic ring is 1. The Hall–Kier alpha value is -2.50. The fourth-order valence-corrected chi connectivity index (χ4v) is 2.36. The molecule has 110 valence electrons. The van der Waals surface area contributed by atoms with E-state index < -0.39 is 0 Å². The first-order valence-electron chi connectivity index (χ1n) is 6.98. The van der Waals surface area contributed by atoms with Gasteiger partial charge in [0.2, 0.25) is 5.91 Å². The summed E-state index contributed by atoms with van der Waals surface area (Å²) in [5, 5.41) is 0. The van der Waals surface area contributed by atoms with Gasteiger partial charge in [0, 0.05) is 31.2 Å². The fraction of sp³-hybridized carbons (Fsp3) is 0.333. The van der Waals surface area contributed by atoms with Crippen molar-refractivity contribution in [1.29, 1.82) is 0 Å². The molecule has 0 spiro atoms. The number of hydrogen-bond acceptors (Lipinski definition) is 4. The normalized spacial score (nSPS) is 13.8. The number of rotatable bonds is 4. The molecule has 0 radical (unpaired) electrons. The molecule has 0 saturated heterocycles. The Kier molecular flexibility index (Phi) is 3.77. The van der Waals surface area contributed by atoms with Crippen molar-refractivity contribution in [3.8, 4) is 5.75 Å². The van der Waals surface area contributed by atoms with E-state index >= 15 is 0 Å². The lowest BCUT2D eigenvalue weighted by Gasteiger charge is -2.27. The zero-order valence-electron chi connectivity index (χ0n) is 11.7. The summed E-state index contributed by atoms with van der Waals surface area (Å²) >= 11 is 0. The molecular weight excluding hydrogens is 268 g/mol. The van der Waals surface area contributed by atoms with Gasteiger partial charge in [-0.25, -0.2) is 4.98 Å². The van der Waals surface area contributed by atoms with Crippen LogP contribution >= 0.6 is 0 Å². The second-order valence-corrected chi connectivity index (χ2v) is 5.02. The molecule has 0 saturated carbocycles. The Morgan fingerprint density at radius 1 is 1.29 bits per heavy atom. The Morgan fingerprint density at radius 2 is 2.10 bits per heavy atom. The first-order chi connectivity index (χ1) is 10.2. The molecule has 2 heterocycles. The lowest BCUT2D eigenvalue weighted by atomic mass is 10.3. The van der Waals surface area contributed by atoms with Crippen LogP contribution in [0.4, 0.5) is 5.69 Å². The SMILES string of the molecule is Nc1ccc(OCCC(=O)N2CCn3ccnc3C2)cc1. The van der Waals surface area contributed by atoms with Crippen LogP contribution in [0.5, 0.6) is 5.75 Å². The predicted molar refractivity (Wildman–Crippen MR) is 78.6 cm³/mol. The molecule has 1 aliphatic rings. The van der Waals surface area contributed by atoms with Crippen molar-refractivity contribution in [2.75, 3.05) is 18.9 Å². The zero-order chi connectivity index (χ0) is 14.7. The van der Waals surface area contributed by atoms with E-state index in [9.17, 15) is 4.79 Å². The molecule has 1 aromatic carbocycles. The lowest BCUT2D eigenvalue weighted by molar-refractivity contribution is -0.133. The Labute approximate surface area is 123 Å². The molecule has 21 heavy (non-hydrogen) atoms. The summed E-state index contributed by atoms with van der Waals surface area (Å²) < 4.78 is 7.63. The summed E-state index contributed by atoms with van der Waals surface area (Å²) in [4.78, 5) is 18.2. The van der Waals surface area contributed by atoms with Crippen LogP contribution in [0.1, 0.15) is 12.2 Å². The highest BCUT2D eigenvalue weighted by Crippen LogP contribution is 2.14. The maximum absolute atomic E-state index is 12.2. The molecule has 3 rings (SSSR count). The first kappa shape index (κ1) is 13.5. The van der Waals surface area contributed by atoms with Crippen LogP contribution in [0.15, 0.2) is 36.7 Å². The number of imidazole rings is 1. The smallest absolute Gasteiger partial charge is 0.226 e. The van der Waals surface area contributed by atoms with E-state index in [1.165, 1.54) is 0 Å². The molecule has 0 fully saturated rings. The molecule has 1 aliphatic heterocycles. The molecule has 0 aliphatic carbocycles. The van der Waals surface area contributed by atoms with Crippen molar-refractivity contribution in [1.82, 2.24) is 14.5 Å². The van der Waals surface area contributed by atoms with Gasteiger partial charge >= 0.3 is 0 Å². The molecule has 2 aromatic rings. The number of fused-ring (bicyclic) bond motifs is 1. The highest BCUT2D eigenvalue weighted by atomic mass is 16.5. The number of amides is 1. The highest BCUT2D eigenvalue weighted by Gasteiger charge is 2.20. The van der Waals surface area contributed by atoms with Gasteiger partial charge in [-0.15, -0.1) is 0 Å². The van der Waals surface area contributed by atoms with Gasteiger partial charge in [-0.05, 0) is 24.3 Å². The number of nitrogens with zero attached hydrogens (tertiary/aromatic N) is 3. The number of carbonyl (C=O) groups excluding carboxylic acids is 1. The lowest BCUT2D eigenvalue weighted by Crippen LogP contribution is -2.38. The number of benzene rings is 1. The molecule has 0 atom stereocenters. The third kappa shape index (κ3) is 3.16. The van der Waals surface area contributed by atoms with Crippen molar-refractivity contribution >= 4 is 11.6 Å². The number of ether oxygens (including phenoxy) is 1. The van der Waals surface area contributed by atoms with Gasteiger partial charge in [0.05, 0.1) is 19.6 Å². The third-order valence-electron chi connectivity index (χ3n) is 3.56. The van der Waals surface area contributed by atoms with E-state index in [-0.39, 0.29) is 5.91 Å². The second kappa shape index (κ2) is 5.87. The van der Waals surface area contributed by atoms with E-state index in [4.69, 9.17) is 10.5 Å². The fourth-order valence-electron chi connectivity index (χ4n) is 2.36. The predicted octanol–water partition coefficient (Wildman–Crippen LogP) is 1.28. The minimum Gasteiger partial charge on any atom is -0.493 e. The first-order valence-corrected chi connectivity index (χ1v) is 6.98. The minimum atomic E-state index is 0.0969. The van der Waals surface area contributed by atoms with Gasteiger partial charge in [0.25, 0.3) is 0 Å². The third-order valence-corrected chi connectivity index (χ3v) is 3.56. The maximum Gasteiger partial charge on any atom is 0.226 e. The summed E-state index contributed by atoms with van der Waals surface area (Å²) in [5.41, 5.74) is 6.30. The molecule has 0 bridgehead atoms. The number of anilines is 1. The maximum atomic E-state index is 12.2. The molecule has 1 amide bonds. The van der Waals surface area contributed by atoms with Crippen molar-refractivity contribution in [3.05, 3.63) is 42.5 Å². The number of aromatic nitrogens is 2. The van der Waals surface area contributed by atoms with Crippen molar-refractivity contribution < 1.29 is 9.53 Å². The van der Waals surface area contributed by atoms with E-state index in [1.54, 1.807) is 30.5 Å². The molecule has 2 N–H and O–H groups in total. The summed E-state index contributed by atoms with van der Waals surface area (Å²) in [6.45, 7) is 2.48. The number of carbonyl (C=O) groups is 1. The molecule has 6 heteroatoms.